The third kappa shape index (κ3) is 10.2. The molecule has 0 amide bonds. The molecule has 4 aromatic carbocycles. The molecule has 6 rings (SSSR count). The van der Waals surface area contributed by atoms with E-state index in [1.165, 1.54) is 36.8 Å². The Bertz CT molecular complexity index is 1350. The predicted molar refractivity (Wildman–Crippen MR) is 194 cm³/mol. The Morgan fingerprint density at radius 1 is 0.500 bits per heavy atom. The van der Waals surface area contributed by atoms with E-state index >= 15 is 0 Å². The van der Waals surface area contributed by atoms with Gasteiger partial charge in [-0.05, 0) is 137 Å². The molecule has 4 atom stereocenters. The summed E-state index contributed by atoms with van der Waals surface area (Å²) in [6.45, 7) is 8.33. The Labute approximate surface area is 287 Å². The molecular weight excluding hydrogens is 596 g/mol. The first-order chi connectivity index (χ1) is 23.3. The summed E-state index contributed by atoms with van der Waals surface area (Å²) in [6, 6.07) is 35.4. The first kappa shape index (κ1) is 35.6. The van der Waals surface area contributed by atoms with Gasteiger partial charge in [0.2, 0.25) is 0 Å². The van der Waals surface area contributed by atoms with Crippen LogP contribution in [0, 0.1) is 11.8 Å². The fourth-order valence-electron chi connectivity index (χ4n) is 7.32. The van der Waals surface area contributed by atoms with Gasteiger partial charge in [0.25, 0.3) is 0 Å². The molecule has 0 aliphatic carbocycles. The summed E-state index contributed by atoms with van der Waals surface area (Å²) >= 11 is 0. The summed E-state index contributed by atoms with van der Waals surface area (Å²) < 4.78 is 0. The largest absolute Gasteiger partial charge is 0.508 e. The predicted octanol–water partition coefficient (Wildman–Crippen LogP) is 7.54. The van der Waals surface area contributed by atoms with E-state index in [-0.39, 0.29) is 23.6 Å². The van der Waals surface area contributed by atoms with E-state index in [2.05, 4.69) is 84.3 Å². The van der Waals surface area contributed by atoms with E-state index in [1.54, 1.807) is 48.5 Å². The highest BCUT2D eigenvalue weighted by molar-refractivity contribution is 5.29. The highest BCUT2D eigenvalue weighted by atomic mass is 16.3. The van der Waals surface area contributed by atoms with Gasteiger partial charge in [0.1, 0.15) is 11.5 Å². The van der Waals surface area contributed by atoms with Crippen LogP contribution < -0.4 is 0 Å². The summed E-state index contributed by atoms with van der Waals surface area (Å²) in [5, 5.41) is 40.0. The number of hydrogen-bond acceptors (Lipinski definition) is 6. The number of aromatic hydroxyl groups is 2. The molecule has 2 saturated heterocycles. The van der Waals surface area contributed by atoms with Gasteiger partial charge in [0.05, 0.1) is 12.2 Å². The second kappa shape index (κ2) is 17.6. The van der Waals surface area contributed by atoms with Crippen molar-refractivity contribution in [1.82, 2.24) is 9.80 Å². The van der Waals surface area contributed by atoms with Crippen molar-refractivity contribution < 1.29 is 20.4 Å². The molecule has 6 nitrogen and oxygen atoms in total. The number of nitrogens with zero attached hydrogens (tertiary/aromatic N) is 2. The lowest BCUT2D eigenvalue weighted by Gasteiger charge is -2.38. The molecule has 48 heavy (non-hydrogen) atoms. The van der Waals surface area contributed by atoms with Crippen LogP contribution in [0.4, 0.5) is 0 Å². The topological polar surface area (TPSA) is 87.4 Å². The van der Waals surface area contributed by atoms with E-state index in [9.17, 15) is 20.4 Å². The molecule has 2 aliphatic heterocycles. The highest BCUT2D eigenvalue weighted by Gasteiger charge is 2.29. The molecule has 0 radical (unpaired) electrons. The number of piperidine rings is 2. The summed E-state index contributed by atoms with van der Waals surface area (Å²) in [6.07, 6.45) is 6.01. The van der Waals surface area contributed by atoms with E-state index in [0.717, 1.165) is 62.0 Å². The minimum Gasteiger partial charge on any atom is -0.508 e. The van der Waals surface area contributed by atoms with Crippen LogP contribution in [0.3, 0.4) is 0 Å². The fourth-order valence-corrected chi connectivity index (χ4v) is 7.32. The Balaban J connectivity index is 0.000000188. The van der Waals surface area contributed by atoms with Crippen LogP contribution in [0.1, 0.15) is 74.0 Å². The molecule has 2 fully saturated rings. The van der Waals surface area contributed by atoms with Crippen LogP contribution in [0.5, 0.6) is 11.5 Å². The number of phenolic OH excluding ortho intramolecular Hbond substituents is 2. The fraction of sp³-hybridized carbons (Fsp3) is 0.429. The second-order valence-electron chi connectivity index (χ2n) is 13.9. The number of hydrogen-bond donors (Lipinski definition) is 4. The average molecular weight is 651 g/mol. The normalized spacial score (nSPS) is 19.1. The zero-order chi connectivity index (χ0) is 33.9. The molecule has 0 aromatic heterocycles. The number of benzene rings is 4. The Kier molecular flexibility index (Phi) is 13.1. The van der Waals surface area contributed by atoms with Crippen molar-refractivity contribution in [2.45, 2.75) is 76.7 Å². The molecule has 4 aromatic rings. The zero-order valence-electron chi connectivity index (χ0n) is 28.6. The molecule has 0 bridgehead atoms. The van der Waals surface area contributed by atoms with Crippen molar-refractivity contribution in [2.75, 3.05) is 26.2 Å². The molecule has 2 heterocycles. The first-order valence-corrected chi connectivity index (χ1v) is 17.8. The first-order valence-electron chi connectivity index (χ1n) is 17.8. The summed E-state index contributed by atoms with van der Waals surface area (Å²) in [7, 11) is 0. The number of aliphatic hydroxyl groups excluding tert-OH is 2. The highest BCUT2D eigenvalue weighted by Crippen LogP contribution is 2.30. The number of aliphatic hydroxyl groups is 2. The number of phenols is 2. The SMILES string of the molecule is C[C@@H]([C@H](O)c1ccc(O)cc1)N1CCC(Cc2ccccc2)CC1.C[C@H]([C@@H](O)c1ccc(O)cc1)N1CCC(Cc2ccccc2)CC1. The second-order valence-corrected chi connectivity index (χ2v) is 13.9. The summed E-state index contributed by atoms with van der Waals surface area (Å²) in [5.41, 5.74) is 4.58. The molecule has 6 heteroatoms. The third-order valence-electron chi connectivity index (χ3n) is 10.6. The standard InChI is InChI=1S/2C21H27NO2/c2*1-16(21(24)19-7-9-20(23)10-8-19)22-13-11-18(12-14-22)15-17-5-3-2-4-6-17/h2*2-10,16,18,21,23-24H,11-15H2,1H3/t2*16-,21-/m10/s1. The summed E-state index contributed by atoms with van der Waals surface area (Å²) in [5.74, 6) is 1.95. The van der Waals surface area contributed by atoms with Crippen molar-refractivity contribution in [3.8, 4) is 11.5 Å². The minimum atomic E-state index is -0.517. The van der Waals surface area contributed by atoms with Crippen LogP contribution in [-0.2, 0) is 12.8 Å². The zero-order valence-corrected chi connectivity index (χ0v) is 28.6. The maximum atomic E-state index is 10.6. The van der Waals surface area contributed by atoms with Gasteiger partial charge >= 0.3 is 0 Å². The lowest BCUT2D eigenvalue weighted by Crippen LogP contribution is -2.43. The lowest BCUT2D eigenvalue weighted by molar-refractivity contribution is 0.0373. The Morgan fingerprint density at radius 3 is 1.12 bits per heavy atom. The molecule has 4 N–H and O–H groups in total. The van der Waals surface area contributed by atoms with Gasteiger partial charge in [0.15, 0.2) is 0 Å². The molecular formula is C42H54N2O4. The maximum absolute atomic E-state index is 10.6. The molecule has 2 aliphatic rings. The lowest BCUT2D eigenvalue weighted by atomic mass is 9.89. The summed E-state index contributed by atoms with van der Waals surface area (Å²) in [4.78, 5) is 4.78. The number of rotatable bonds is 10. The van der Waals surface area contributed by atoms with Crippen LogP contribution in [-0.4, -0.2) is 68.5 Å². The van der Waals surface area contributed by atoms with Crippen molar-refractivity contribution in [2.24, 2.45) is 11.8 Å². The molecule has 256 valence electrons. The van der Waals surface area contributed by atoms with Gasteiger partial charge in [-0.2, -0.15) is 0 Å². The van der Waals surface area contributed by atoms with Gasteiger partial charge in [0, 0.05) is 12.1 Å². The van der Waals surface area contributed by atoms with Crippen LogP contribution in [0.25, 0.3) is 0 Å². The minimum absolute atomic E-state index is 0.0900. The smallest absolute Gasteiger partial charge is 0.115 e. The quantitative estimate of drug-likeness (QED) is 0.142. The average Bonchev–Trinajstić information content (AvgIpc) is 3.13. The molecule has 0 spiro atoms. The van der Waals surface area contributed by atoms with Crippen molar-refractivity contribution in [3.05, 3.63) is 131 Å². The Hall–Kier alpha value is -3.68. The van der Waals surface area contributed by atoms with Crippen molar-refractivity contribution in [3.63, 3.8) is 0 Å². The van der Waals surface area contributed by atoms with E-state index in [1.807, 2.05) is 0 Å². The molecule has 0 unspecified atom stereocenters. The number of likely N-dealkylation sites (tertiary alicyclic amines) is 2. The van der Waals surface area contributed by atoms with Crippen molar-refractivity contribution in [1.29, 1.82) is 0 Å². The third-order valence-corrected chi connectivity index (χ3v) is 10.6. The Morgan fingerprint density at radius 2 is 0.812 bits per heavy atom. The van der Waals surface area contributed by atoms with Gasteiger partial charge < -0.3 is 20.4 Å². The maximum Gasteiger partial charge on any atom is 0.115 e. The van der Waals surface area contributed by atoms with Gasteiger partial charge in [-0.1, -0.05) is 84.9 Å². The van der Waals surface area contributed by atoms with Crippen LogP contribution >= 0.6 is 0 Å². The molecule has 0 saturated carbocycles. The van der Waals surface area contributed by atoms with E-state index < -0.39 is 12.2 Å². The van der Waals surface area contributed by atoms with Crippen LogP contribution in [0.15, 0.2) is 109 Å². The van der Waals surface area contributed by atoms with Gasteiger partial charge in [-0.3, -0.25) is 9.80 Å². The van der Waals surface area contributed by atoms with Gasteiger partial charge in [-0.15, -0.1) is 0 Å². The monoisotopic (exact) mass is 650 g/mol. The van der Waals surface area contributed by atoms with Gasteiger partial charge in [-0.25, -0.2) is 0 Å². The van der Waals surface area contributed by atoms with E-state index in [0.29, 0.717) is 0 Å². The van der Waals surface area contributed by atoms with E-state index in [4.69, 9.17) is 0 Å². The van der Waals surface area contributed by atoms with Crippen LogP contribution in [0.2, 0.25) is 0 Å². The van der Waals surface area contributed by atoms with Crippen molar-refractivity contribution >= 4 is 0 Å².